The number of carboxylic acid groups (broad SMARTS) is 1. The molecule has 1 atom stereocenters. The largest absolute Gasteiger partial charge is 0.489 e. The molecule has 3 aromatic heterocycles. The molecule has 0 saturated carbocycles. The van der Waals surface area contributed by atoms with Crippen LogP contribution in [-0.2, 0) is 20.7 Å². The van der Waals surface area contributed by atoms with E-state index in [4.69, 9.17) is 24.3 Å². The van der Waals surface area contributed by atoms with Gasteiger partial charge in [-0.15, -0.1) is 11.3 Å². The topological polar surface area (TPSA) is 98.4 Å². The van der Waals surface area contributed by atoms with E-state index < -0.39 is 17.7 Å². The summed E-state index contributed by atoms with van der Waals surface area (Å²) in [6, 6.07) is 10.1. The van der Waals surface area contributed by atoms with Gasteiger partial charge in [0, 0.05) is 42.3 Å². The van der Waals surface area contributed by atoms with Gasteiger partial charge in [0.15, 0.2) is 6.10 Å². The number of hydrogen-bond acceptors (Lipinski definition) is 8. The summed E-state index contributed by atoms with van der Waals surface area (Å²) >= 11 is 1.61. The van der Waals surface area contributed by atoms with Crippen LogP contribution in [0.4, 0.5) is 5.69 Å². The number of piperidine rings is 1. The van der Waals surface area contributed by atoms with Crippen molar-refractivity contribution in [3.63, 3.8) is 0 Å². The summed E-state index contributed by atoms with van der Waals surface area (Å²) in [5, 5.41) is 16.2. The van der Waals surface area contributed by atoms with Crippen molar-refractivity contribution in [2.24, 2.45) is 0 Å². The fourth-order valence-electron chi connectivity index (χ4n) is 5.96. The van der Waals surface area contributed by atoms with Crippen LogP contribution in [0.5, 0.6) is 5.75 Å². The minimum absolute atomic E-state index is 0.299. The Morgan fingerprint density at radius 3 is 2.66 bits per heavy atom. The highest BCUT2D eigenvalue weighted by Gasteiger charge is 2.37. The number of aryl methyl sites for hydroxylation is 1. The fraction of sp³-hybridized carbons (Fsp3) is 0.441. The number of rotatable bonds is 3. The molecule has 1 fully saturated rings. The molecule has 6 heterocycles. The van der Waals surface area contributed by atoms with Crippen LogP contribution >= 0.6 is 11.3 Å². The van der Waals surface area contributed by atoms with E-state index in [0.717, 1.165) is 56.5 Å². The number of anilines is 1. The quantitative estimate of drug-likeness (QED) is 0.257. The first kappa shape index (κ1) is 30.3. The highest BCUT2D eigenvalue weighted by atomic mass is 32.1. The standard InChI is InChI=1S/C34H40N4O5S/c1-22-21-38-26-19-25(36-38)31-35-20-24(44-31)18-23-10-6-7-11-27(23)41-16-8-9-17-42-34(5)12-14-37(15-13-34)29(26)28(22)30(32(39)40)43-33(2,3)4/h6-11,19-21,30H,12-18H2,1-5H3,(H,39,40)/b9-8+/t30-/m0/s1. The molecule has 0 spiro atoms. The smallest absolute Gasteiger partial charge is 0.337 e. The summed E-state index contributed by atoms with van der Waals surface area (Å²) in [7, 11) is 0. The van der Waals surface area contributed by atoms with Crippen LogP contribution < -0.4 is 9.64 Å². The number of para-hydroxylation sites is 1. The van der Waals surface area contributed by atoms with E-state index in [0.29, 0.717) is 38.3 Å². The minimum atomic E-state index is -1.14. The van der Waals surface area contributed by atoms with Crippen molar-refractivity contribution < 1.29 is 24.1 Å². The SMILES string of the molecule is Cc1cn2nc3cc2c(c1[C@H](OC(C)(C)C)C(=O)O)N1CCC(C)(CC1)OC/C=C/COc1ccccc1Cc1cnc-3s1. The Morgan fingerprint density at radius 2 is 1.91 bits per heavy atom. The van der Waals surface area contributed by atoms with E-state index in [2.05, 4.69) is 17.9 Å². The second kappa shape index (κ2) is 12.0. The molecule has 9 nitrogen and oxygen atoms in total. The number of nitrogens with zero attached hydrogens (tertiary/aromatic N) is 4. The van der Waals surface area contributed by atoms with E-state index >= 15 is 0 Å². The number of thiazole rings is 1. The Bertz CT molecular complexity index is 1690. The second-order valence-electron chi connectivity index (χ2n) is 12.8. The predicted octanol–water partition coefficient (Wildman–Crippen LogP) is 6.62. The molecule has 3 aliphatic rings. The molecule has 1 aromatic carbocycles. The summed E-state index contributed by atoms with van der Waals surface area (Å²) in [4.78, 5) is 20.9. The van der Waals surface area contributed by atoms with Crippen LogP contribution in [0.25, 0.3) is 16.2 Å². The van der Waals surface area contributed by atoms with E-state index in [1.54, 1.807) is 11.3 Å². The Labute approximate surface area is 262 Å². The molecule has 0 unspecified atom stereocenters. The number of carboxylic acids is 1. The van der Waals surface area contributed by atoms with Crippen LogP contribution in [0.15, 0.2) is 54.9 Å². The van der Waals surface area contributed by atoms with Gasteiger partial charge in [0.25, 0.3) is 0 Å². The van der Waals surface area contributed by atoms with Crippen molar-refractivity contribution in [2.45, 2.75) is 71.2 Å². The number of ether oxygens (including phenoxy) is 3. The second-order valence-corrected chi connectivity index (χ2v) is 13.9. The molecule has 232 valence electrons. The minimum Gasteiger partial charge on any atom is -0.489 e. The van der Waals surface area contributed by atoms with Crippen molar-refractivity contribution in [3.05, 3.63) is 76.4 Å². The molecule has 0 aliphatic carbocycles. The van der Waals surface area contributed by atoms with Crippen LogP contribution in [0.3, 0.4) is 0 Å². The normalized spacial score (nSPS) is 18.5. The van der Waals surface area contributed by atoms with Gasteiger partial charge in [-0.2, -0.15) is 5.10 Å². The van der Waals surface area contributed by atoms with Gasteiger partial charge < -0.3 is 24.2 Å². The summed E-state index contributed by atoms with van der Waals surface area (Å²) in [5.74, 6) is -0.159. The first-order valence-corrected chi connectivity index (χ1v) is 15.9. The summed E-state index contributed by atoms with van der Waals surface area (Å²) < 4.78 is 20.6. The third kappa shape index (κ3) is 6.38. The van der Waals surface area contributed by atoms with Crippen molar-refractivity contribution in [2.75, 3.05) is 31.2 Å². The number of fused-ring (bicyclic) bond motifs is 6. The van der Waals surface area contributed by atoms with E-state index in [9.17, 15) is 9.90 Å². The maximum Gasteiger partial charge on any atom is 0.337 e. The molecule has 1 saturated heterocycles. The van der Waals surface area contributed by atoms with Crippen molar-refractivity contribution >= 4 is 28.5 Å². The van der Waals surface area contributed by atoms with Gasteiger partial charge in [0.05, 0.1) is 29.0 Å². The zero-order chi connectivity index (χ0) is 31.1. The van der Waals surface area contributed by atoms with Crippen molar-refractivity contribution in [1.29, 1.82) is 0 Å². The molecule has 0 radical (unpaired) electrons. The lowest BCUT2D eigenvalue weighted by Crippen LogP contribution is -2.45. The number of aliphatic carboxylic acids is 1. The monoisotopic (exact) mass is 616 g/mol. The van der Waals surface area contributed by atoms with Gasteiger partial charge in [-0.1, -0.05) is 24.3 Å². The maximum absolute atomic E-state index is 12.7. The lowest BCUT2D eigenvalue weighted by Gasteiger charge is -2.41. The van der Waals surface area contributed by atoms with Crippen LogP contribution in [0.2, 0.25) is 0 Å². The van der Waals surface area contributed by atoms with Crippen LogP contribution in [-0.4, -0.2) is 63.2 Å². The highest BCUT2D eigenvalue weighted by Crippen LogP contribution is 2.41. The average Bonchev–Trinajstić information content (AvgIpc) is 3.60. The van der Waals surface area contributed by atoms with Crippen LogP contribution in [0.1, 0.15) is 68.2 Å². The molecule has 3 aliphatic heterocycles. The molecule has 10 heteroatoms. The third-order valence-corrected chi connectivity index (χ3v) is 9.23. The van der Waals surface area contributed by atoms with Crippen molar-refractivity contribution in [1.82, 2.24) is 14.6 Å². The van der Waals surface area contributed by atoms with Gasteiger partial charge in [-0.3, -0.25) is 0 Å². The zero-order valence-electron chi connectivity index (χ0n) is 26.0. The molecule has 7 rings (SSSR count). The molecule has 1 N–H and O–H groups in total. The van der Waals surface area contributed by atoms with Crippen molar-refractivity contribution in [3.8, 4) is 16.5 Å². The Balaban J connectivity index is 1.49. The highest BCUT2D eigenvalue weighted by molar-refractivity contribution is 7.15. The lowest BCUT2D eigenvalue weighted by molar-refractivity contribution is -0.160. The van der Waals surface area contributed by atoms with E-state index in [1.165, 1.54) is 0 Å². The van der Waals surface area contributed by atoms with Gasteiger partial charge in [0.1, 0.15) is 23.1 Å². The number of carbonyl (C=O) groups is 1. The Hall–Kier alpha value is -3.73. The van der Waals surface area contributed by atoms with Gasteiger partial charge in [0.2, 0.25) is 0 Å². The number of aromatic nitrogens is 3. The number of pyridine rings is 1. The summed E-state index contributed by atoms with van der Waals surface area (Å²) in [6.07, 6.45) is 8.97. The molecule has 0 amide bonds. The van der Waals surface area contributed by atoms with Gasteiger partial charge >= 0.3 is 5.97 Å². The number of hydrogen-bond donors (Lipinski definition) is 1. The Morgan fingerprint density at radius 1 is 1.16 bits per heavy atom. The van der Waals surface area contributed by atoms with Crippen LogP contribution in [0, 0.1) is 6.92 Å². The van der Waals surface area contributed by atoms with Gasteiger partial charge in [-0.05, 0) is 76.8 Å². The number of benzene rings is 1. The molecule has 4 aromatic rings. The first-order valence-electron chi connectivity index (χ1n) is 15.1. The predicted molar refractivity (Wildman–Crippen MR) is 172 cm³/mol. The lowest BCUT2D eigenvalue weighted by atomic mass is 9.91. The molecular weight excluding hydrogens is 576 g/mol. The van der Waals surface area contributed by atoms with E-state index in [-0.39, 0.29) is 5.60 Å². The van der Waals surface area contributed by atoms with Gasteiger partial charge in [-0.25, -0.2) is 14.3 Å². The molecule has 6 bridgehead atoms. The molecular formula is C34H40N4O5S. The maximum atomic E-state index is 12.7. The zero-order valence-corrected chi connectivity index (χ0v) is 26.8. The Kier molecular flexibility index (Phi) is 8.26. The first-order chi connectivity index (χ1) is 21.0. The summed E-state index contributed by atoms with van der Waals surface area (Å²) in [5.41, 5.74) is 4.04. The molecule has 44 heavy (non-hydrogen) atoms. The fourth-order valence-corrected chi connectivity index (χ4v) is 6.85. The van der Waals surface area contributed by atoms with E-state index in [1.807, 2.05) is 81.0 Å². The summed E-state index contributed by atoms with van der Waals surface area (Å²) in [6.45, 7) is 12.1. The third-order valence-electron chi connectivity index (χ3n) is 8.21. The average molecular weight is 617 g/mol.